The zero-order valence-corrected chi connectivity index (χ0v) is 59.9. The lowest BCUT2D eigenvalue weighted by Gasteiger charge is -2.21. The molecule has 0 aromatic carbocycles. The standard InChI is InChI=1S/C71H138O17P2/c1-5-9-13-17-21-24-27-29-30-31-32-33-34-35-36-37-39-42-46-50-54-58-71(76)88-67(62-82-69(74)56-52-48-44-41-38-28-25-22-18-14-10-6-2)64-86-90(79,80)84-60-65(72)59-83-89(77,78)85-63-66(61-81-68(73)55-51-47-43-20-16-12-8-4)87-70(75)57-53-49-45-40-26-23-19-15-11-7-3/h65-67,72H,5-64H2,1-4H3,(H,77,78)(H,79,80)/t65-,66+,67+/m0/s1. The number of hydrogen-bond acceptors (Lipinski definition) is 15. The molecule has 0 aliphatic heterocycles. The zero-order chi connectivity index (χ0) is 66.1. The van der Waals surface area contributed by atoms with Gasteiger partial charge in [-0.3, -0.25) is 37.3 Å². The third-order valence-electron chi connectivity index (χ3n) is 16.6. The molecule has 2 unspecified atom stereocenters. The minimum atomic E-state index is -4.95. The molecule has 0 aliphatic carbocycles. The lowest BCUT2D eigenvalue weighted by Crippen LogP contribution is -2.30. The molecule has 0 heterocycles. The van der Waals surface area contributed by atoms with Crippen molar-refractivity contribution < 1.29 is 80.2 Å². The molecule has 0 rings (SSSR count). The molecule has 0 radical (unpaired) electrons. The Hall–Kier alpha value is -1.94. The fourth-order valence-electron chi connectivity index (χ4n) is 10.9. The van der Waals surface area contributed by atoms with Gasteiger partial charge in [-0.15, -0.1) is 0 Å². The summed E-state index contributed by atoms with van der Waals surface area (Å²) >= 11 is 0. The lowest BCUT2D eigenvalue weighted by molar-refractivity contribution is -0.161. The van der Waals surface area contributed by atoms with E-state index in [4.69, 9.17) is 37.0 Å². The van der Waals surface area contributed by atoms with Crippen molar-refractivity contribution in [3.05, 3.63) is 0 Å². The van der Waals surface area contributed by atoms with Crippen LogP contribution in [-0.2, 0) is 65.4 Å². The van der Waals surface area contributed by atoms with Crippen LogP contribution in [0.4, 0.5) is 0 Å². The van der Waals surface area contributed by atoms with Crippen molar-refractivity contribution in [2.75, 3.05) is 39.6 Å². The first-order valence-corrected chi connectivity index (χ1v) is 40.3. The van der Waals surface area contributed by atoms with Crippen molar-refractivity contribution in [3.8, 4) is 0 Å². The Bertz CT molecular complexity index is 1720. The van der Waals surface area contributed by atoms with E-state index in [1.807, 2.05) is 0 Å². The minimum Gasteiger partial charge on any atom is -0.462 e. The Labute approximate surface area is 549 Å². The van der Waals surface area contributed by atoms with Crippen molar-refractivity contribution in [2.45, 2.75) is 393 Å². The average molecular weight is 1330 g/mol. The predicted molar refractivity (Wildman–Crippen MR) is 363 cm³/mol. The Morgan fingerprint density at radius 3 is 0.656 bits per heavy atom. The van der Waals surface area contributed by atoms with Crippen molar-refractivity contribution in [2.24, 2.45) is 0 Å². The van der Waals surface area contributed by atoms with Gasteiger partial charge in [0.05, 0.1) is 26.4 Å². The first kappa shape index (κ1) is 88.1. The quantitative estimate of drug-likeness (QED) is 0.0222. The number of ether oxygens (including phenoxy) is 4. The number of rotatable bonds is 72. The highest BCUT2D eigenvalue weighted by molar-refractivity contribution is 7.47. The van der Waals surface area contributed by atoms with Crippen LogP contribution in [0.5, 0.6) is 0 Å². The van der Waals surface area contributed by atoms with Gasteiger partial charge in [0.15, 0.2) is 12.2 Å². The SMILES string of the molecule is CCCCCCCCCCCCCCCCCCCCCCCC(=O)O[C@H](COC(=O)CCCCCCCCCCCCCC)COP(=O)(O)OC[C@@H](O)COP(=O)(O)OC[C@@H](COC(=O)CCCCCCCCC)OC(=O)CCCCCCCCCCCC. The maximum Gasteiger partial charge on any atom is 0.472 e. The summed E-state index contributed by atoms with van der Waals surface area (Å²) in [6.45, 7) is 4.90. The number of carbonyl (C=O) groups excluding carboxylic acids is 4. The predicted octanol–water partition coefficient (Wildman–Crippen LogP) is 20.7. The molecule has 0 saturated heterocycles. The molecule has 5 atom stereocenters. The number of phosphoric ester groups is 2. The van der Waals surface area contributed by atoms with Gasteiger partial charge < -0.3 is 33.8 Å². The first-order chi connectivity index (χ1) is 43.7. The highest BCUT2D eigenvalue weighted by atomic mass is 31.2. The van der Waals surface area contributed by atoms with Gasteiger partial charge in [0.1, 0.15) is 19.3 Å². The molecule has 0 spiro atoms. The number of aliphatic hydroxyl groups excluding tert-OH is 1. The van der Waals surface area contributed by atoms with Crippen LogP contribution in [0.1, 0.15) is 374 Å². The summed E-state index contributed by atoms with van der Waals surface area (Å²) in [7, 11) is -9.89. The first-order valence-electron chi connectivity index (χ1n) is 37.3. The summed E-state index contributed by atoms with van der Waals surface area (Å²) in [6.07, 6.45) is 54.3. The van der Waals surface area contributed by atoms with E-state index in [-0.39, 0.29) is 25.7 Å². The number of carbonyl (C=O) groups is 4. The second-order valence-corrected chi connectivity index (χ2v) is 28.5. The minimum absolute atomic E-state index is 0.107. The average Bonchev–Trinajstić information content (AvgIpc) is 3.74. The van der Waals surface area contributed by atoms with Gasteiger partial charge in [-0.2, -0.15) is 0 Å². The molecule has 0 saturated carbocycles. The van der Waals surface area contributed by atoms with Crippen LogP contribution in [0.15, 0.2) is 0 Å². The molecule has 0 bridgehead atoms. The Kier molecular flexibility index (Phi) is 64.3. The van der Waals surface area contributed by atoms with E-state index < -0.39 is 97.5 Å². The van der Waals surface area contributed by atoms with E-state index in [1.54, 1.807) is 0 Å². The third kappa shape index (κ3) is 64.8. The van der Waals surface area contributed by atoms with Crippen LogP contribution in [0.2, 0.25) is 0 Å². The topological polar surface area (TPSA) is 237 Å². The summed E-state index contributed by atoms with van der Waals surface area (Å²) in [5.41, 5.74) is 0. The molecular weight excluding hydrogens is 1190 g/mol. The van der Waals surface area contributed by atoms with Crippen LogP contribution in [0.25, 0.3) is 0 Å². The molecule has 0 aromatic heterocycles. The van der Waals surface area contributed by atoms with Gasteiger partial charge in [0.2, 0.25) is 0 Å². The fraction of sp³-hybridized carbons (Fsp3) is 0.944. The van der Waals surface area contributed by atoms with Crippen molar-refractivity contribution in [1.29, 1.82) is 0 Å². The summed E-state index contributed by atoms with van der Waals surface area (Å²) in [5, 5.41) is 10.6. The van der Waals surface area contributed by atoms with Crippen LogP contribution in [-0.4, -0.2) is 96.7 Å². The number of esters is 4. The normalized spacial score (nSPS) is 14.0. The number of phosphoric acid groups is 2. The van der Waals surface area contributed by atoms with E-state index in [1.165, 1.54) is 193 Å². The maximum atomic E-state index is 13.0. The van der Waals surface area contributed by atoms with Gasteiger partial charge in [-0.25, -0.2) is 9.13 Å². The molecule has 19 heteroatoms. The largest absolute Gasteiger partial charge is 0.472 e. The van der Waals surface area contributed by atoms with E-state index in [2.05, 4.69) is 27.7 Å². The summed E-state index contributed by atoms with van der Waals surface area (Å²) in [4.78, 5) is 72.4. The number of unbranched alkanes of at least 4 members (excludes halogenated alkanes) is 46. The van der Waals surface area contributed by atoms with Gasteiger partial charge in [-0.05, 0) is 25.7 Å². The Morgan fingerprint density at radius 2 is 0.444 bits per heavy atom. The highest BCUT2D eigenvalue weighted by Crippen LogP contribution is 2.45. The molecule has 534 valence electrons. The molecule has 90 heavy (non-hydrogen) atoms. The lowest BCUT2D eigenvalue weighted by atomic mass is 10.0. The van der Waals surface area contributed by atoms with Crippen LogP contribution >= 0.6 is 15.6 Å². The highest BCUT2D eigenvalue weighted by Gasteiger charge is 2.30. The van der Waals surface area contributed by atoms with E-state index in [0.29, 0.717) is 25.7 Å². The monoisotopic (exact) mass is 1320 g/mol. The van der Waals surface area contributed by atoms with Crippen molar-refractivity contribution in [3.63, 3.8) is 0 Å². The van der Waals surface area contributed by atoms with Crippen LogP contribution < -0.4 is 0 Å². The summed E-state index contributed by atoms with van der Waals surface area (Å²) < 4.78 is 68.2. The van der Waals surface area contributed by atoms with E-state index >= 15 is 0 Å². The van der Waals surface area contributed by atoms with Crippen molar-refractivity contribution >= 4 is 39.5 Å². The Morgan fingerprint density at radius 1 is 0.267 bits per heavy atom. The molecular formula is C71H138O17P2. The summed E-state index contributed by atoms with van der Waals surface area (Å²) in [5.74, 6) is -2.13. The second kappa shape index (κ2) is 65.7. The molecule has 3 N–H and O–H groups in total. The molecule has 17 nitrogen and oxygen atoms in total. The van der Waals surface area contributed by atoms with Gasteiger partial charge in [-0.1, -0.05) is 323 Å². The molecule has 0 aromatic rings. The van der Waals surface area contributed by atoms with Crippen LogP contribution in [0, 0.1) is 0 Å². The number of hydrogen-bond donors (Lipinski definition) is 3. The van der Waals surface area contributed by atoms with Gasteiger partial charge >= 0.3 is 39.5 Å². The maximum absolute atomic E-state index is 13.0. The van der Waals surface area contributed by atoms with E-state index in [0.717, 1.165) is 103 Å². The third-order valence-corrected chi connectivity index (χ3v) is 18.5. The van der Waals surface area contributed by atoms with Crippen LogP contribution in [0.3, 0.4) is 0 Å². The fourth-order valence-corrected chi connectivity index (χ4v) is 12.4. The second-order valence-electron chi connectivity index (χ2n) is 25.6. The van der Waals surface area contributed by atoms with Crippen molar-refractivity contribution in [1.82, 2.24) is 0 Å². The van der Waals surface area contributed by atoms with Gasteiger partial charge in [0.25, 0.3) is 0 Å². The van der Waals surface area contributed by atoms with Gasteiger partial charge in [0, 0.05) is 25.7 Å². The number of aliphatic hydroxyl groups is 1. The zero-order valence-electron chi connectivity index (χ0n) is 58.1. The van der Waals surface area contributed by atoms with E-state index in [9.17, 15) is 43.2 Å². The smallest absolute Gasteiger partial charge is 0.462 e. The molecule has 0 fully saturated rings. The Balaban J connectivity index is 5.13. The summed E-state index contributed by atoms with van der Waals surface area (Å²) in [6, 6.07) is 0. The molecule has 0 aliphatic rings. The molecule has 0 amide bonds.